The van der Waals surface area contributed by atoms with E-state index in [1.54, 1.807) is 12.1 Å². The zero-order valence-electron chi connectivity index (χ0n) is 15.2. The van der Waals surface area contributed by atoms with Gasteiger partial charge in [0.25, 0.3) is 0 Å². The Balaban J connectivity index is 1.53. The van der Waals surface area contributed by atoms with E-state index in [4.69, 9.17) is 4.74 Å². The molecule has 1 amide bonds. The molecule has 3 atom stereocenters. The molecule has 2 aliphatic rings. The number of likely N-dealkylation sites (tertiary alicyclic amines) is 1. The topological polar surface area (TPSA) is 58.6 Å². The van der Waals surface area contributed by atoms with E-state index >= 15 is 0 Å². The van der Waals surface area contributed by atoms with Crippen molar-refractivity contribution in [3.8, 4) is 0 Å². The third-order valence-corrected chi connectivity index (χ3v) is 5.67. The zero-order valence-corrected chi connectivity index (χ0v) is 15.2. The molecular formula is C20H27FN2O3. The van der Waals surface area contributed by atoms with Crippen LogP contribution in [0.2, 0.25) is 0 Å². The van der Waals surface area contributed by atoms with Gasteiger partial charge in [-0.3, -0.25) is 14.5 Å². The van der Waals surface area contributed by atoms with Crippen molar-refractivity contribution in [2.45, 2.75) is 50.6 Å². The molecule has 5 nitrogen and oxygen atoms in total. The van der Waals surface area contributed by atoms with Gasteiger partial charge in [0, 0.05) is 12.6 Å². The lowest BCUT2D eigenvalue weighted by Crippen LogP contribution is -2.48. The van der Waals surface area contributed by atoms with Crippen molar-refractivity contribution in [3.63, 3.8) is 0 Å². The van der Waals surface area contributed by atoms with Crippen LogP contribution in [-0.4, -0.2) is 49.1 Å². The molecule has 0 bridgehead atoms. The molecule has 0 aromatic heterocycles. The van der Waals surface area contributed by atoms with Crippen LogP contribution in [0.5, 0.6) is 0 Å². The van der Waals surface area contributed by atoms with Gasteiger partial charge >= 0.3 is 5.97 Å². The number of methoxy groups -OCH3 is 1. The zero-order chi connectivity index (χ0) is 18.5. The van der Waals surface area contributed by atoms with Crippen LogP contribution in [0.4, 0.5) is 4.39 Å². The van der Waals surface area contributed by atoms with Crippen molar-refractivity contribution in [3.05, 3.63) is 35.6 Å². The number of halogens is 1. The van der Waals surface area contributed by atoms with E-state index < -0.39 is 0 Å². The highest BCUT2D eigenvalue weighted by molar-refractivity contribution is 5.81. The summed E-state index contributed by atoms with van der Waals surface area (Å²) >= 11 is 0. The predicted molar refractivity (Wildman–Crippen MR) is 96.0 cm³/mol. The Hall–Kier alpha value is -1.95. The summed E-state index contributed by atoms with van der Waals surface area (Å²) in [6.45, 7) is 0.722. The summed E-state index contributed by atoms with van der Waals surface area (Å²) in [6, 6.07) is 6.28. The Kier molecular flexibility index (Phi) is 6.25. The average molecular weight is 362 g/mol. The number of carbonyl (C=O) groups is 2. The van der Waals surface area contributed by atoms with Gasteiger partial charge in [-0.15, -0.1) is 0 Å². The van der Waals surface area contributed by atoms with Crippen LogP contribution in [0.3, 0.4) is 0 Å². The van der Waals surface area contributed by atoms with Crippen molar-refractivity contribution in [2.75, 3.05) is 20.2 Å². The normalized spacial score (nSPS) is 25.5. The molecule has 1 heterocycles. The molecule has 2 fully saturated rings. The molecule has 142 valence electrons. The minimum atomic E-state index is -0.309. The number of fused-ring (bicyclic) bond motifs is 1. The Morgan fingerprint density at radius 1 is 1.23 bits per heavy atom. The highest BCUT2D eigenvalue weighted by atomic mass is 19.1. The van der Waals surface area contributed by atoms with E-state index in [1.807, 2.05) is 4.90 Å². The minimum Gasteiger partial charge on any atom is -0.468 e. The molecule has 3 rings (SSSR count). The maximum absolute atomic E-state index is 12.9. The van der Waals surface area contributed by atoms with Gasteiger partial charge in [0.15, 0.2) is 0 Å². The van der Waals surface area contributed by atoms with Gasteiger partial charge in [-0.2, -0.15) is 0 Å². The standard InChI is InChI=1S/C20H27FN2O3/c1-26-20(25)18-12-15-4-2-3-5-17(15)23(18)13-19(24)22-11-10-14-6-8-16(21)9-7-14/h6-9,15,17-18H,2-5,10-13H2,1H3,(H,22,24)/t15-,17+,18-/m0/s1. The Bertz CT molecular complexity index is 634. The van der Waals surface area contributed by atoms with Crippen molar-refractivity contribution in [2.24, 2.45) is 5.92 Å². The summed E-state index contributed by atoms with van der Waals surface area (Å²) in [6.07, 6.45) is 5.96. The van der Waals surface area contributed by atoms with Crippen LogP contribution >= 0.6 is 0 Å². The highest BCUT2D eigenvalue weighted by Crippen LogP contribution is 2.39. The van der Waals surface area contributed by atoms with Gasteiger partial charge in [-0.25, -0.2) is 4.39 Å². The Labute approximate surface area is 153 Å². The number of benzene rings is 1. The maximum Gasteiger partial charge on any atom is 0.323 e. The lowest BCUT2D eigenvalue weighted by Gasteiger charge is -2.32. The van der Waals surface area contributed by atoms with Gasteiger partial charge in [0.2, 0.25) is 5.91 Å². The van der Waals surface area contributed by atoms with Gasteiger partial charge < -0.3 is 10.1 Å². The largest absolute Gasteiger partial charge is 0.468 e. The molecule has 1 aliphatic heterocycles. The van der Waals surface area contributed by atoms with E-state index in [0.717, 1.165) is 31.2 Å². The summed E-state index contributed by atoms with van der Waals surface area (Å²) in [5.41, 5.74) is 0.979. The molecule has 1 saturated heterocycles. The van der Waals surface area contributed by atoms with E-state index in [2.05, 4.69) is 5.32 Å². The number of esters is 1. The first-order valence-electron chi connectivity index (χ1n) is 9.43. The summed E-state index contributed by atoms with van der Waals surface area (Å²) in [4.78, 5) is 26.6. The van der Waals surface area contributed by atoms with Gasteiger partial charge in [-0.1, -0.05) is 25.0 Å². The number of nitrogens with zero attached hydrogens (tertiary/aromatic N) is 1. The summed E-state index contributed by atoms with van der Waals surface area (Å²) in [5.74, 6) is -0.0895. The number of ether oxygens (including phenoxy) is 1. The second-order valence-electron chi connectivity index (χ2n) is 7.29. The van der Waals surface area contributed by atoms with Gasteiger partial charge in [0.1, 0.15) is 11.9 Å². The summed E-state index contributed by atoms with van der Waals surface area (Å²) in [5, 5.41) is 2.92. The van der Waals surface area contributed by atoms with Crippen molar-refractivity contribution < 1.29 is 18.7 Å². The molecule has 6 heteroatoms. The fourth-order valence-electron chi connectivity index (χ4n) is 4.37. The SMILES string of the molecule is COC(=O)[C@@H]1C[C@@H]2CCCC[C@H]2N1CC(=O)NCCc1ccc(F)cc1. The summed E-state index contributed by atoms with van der Waals surface area (Å²) in [7, 11) is 1.41. The Morgan fingerprint density at radius 3 is 2.69 bits per heavy atom. The summed E-state index contributed by atoms with van der Waals surface area (Å²) < 4.78 is 17.9. The first kappa shape index (κ1) is 18.8. The molecular weight excluding hydrogens is 335 g/mol. The highest BCUT2D eigenvalue weighted by Gasteiger charge is 2.46. The van der Waals surface area contributed by atoms with E-state index in [-0.39, 0.29) is 30.3 Å². The van der Waals surface area contributed by atoms with E-state index in [0.29, 0.717) is 24.9 Å². The number of hydrogen-bond donors (Lipinski definition) is 1. The van der Waals surface area contributed by atoms with Crippen molar-refractivity contribution in [1.29, 1.82) is 0 Å². The van der Waals surface area contributed by atoms with Crippen LogP contribution in [0.1, 0.15) is 37.7 Å². The van der Waals surface area contributed by atoms with Gasteiger partial charge in [-0.05, 0) is 49.3 Å². The second kappa shape index (κ2) is 8.62. The number of amides is 1. The molecule has 0 spiro atoms. The second-order valence-corrected chi connectivity index (χ2v) is 7.29. The fourth-order valence-corrected chi connectivity index (χ4v) is 4.37. The predicted octanol–water partition coefficient (Wildman–Crippen LogP) is 2.29. The molecule has 0 unspecified atom stereocenters. The first-order valence-corrected chi connectivity index (χ1v) is 9.43. The monoisotopic (exact) mass is 362 g/mol. The lowest BCUT2D eigenvalue weighted by atomic mass is 9.85. The molecule has 1 N–H and O–H groups in total. The smallest absolute Gasteiger partial charge is 0.323 e. The lowest BCUT2D eigenvalue weighted by molar-refractivity contribution is -0.146. The molecule has 26 heavy (non-hydrogen) atoms. The van der Waals surface area contributed by atoms with Crippen LogP contribution in [0.25, 0.3) is 0 Å². The van der Waals surface area contributed by atoms with Gasteiger partial charge in [0.05, 0.1) is 13.7 Å². The van der Waals surface area contributed by atoms with Crippen LogP contribution in [0, 0.1) is 11.7 Å². The minimum absolute atomic E-state index is 0.0766. The van der Waals surface area contributed by atoms with E-state index in [9.17, 15) is 14.0 Å². The molecule has 1 aromatic rings. The first-order chi connectivity index (χ1) is 12.6. The van der Waals surface area contributed by atoms with Crippen LogP contribution in [0.15, 0.2) is 24.3 Å². The number of hydrogen-bond acceptors (Lipinski definition) is 4. The molecule has 1 aromatic carbocycles. The average Bonchev–Trinajstić information content (AvgIpc) is 3.01. The third-order valence-electron chi connectivity index (χ3n) is 5.67. The van der Waals surface area contributed by atoms with E-state index in [1.165, 1.54) is 25.7 Å². The number of carbonyl (C=O) groups excluding carboxylic acids is 2. The van der Waals surface area contributed by atoms with Crippen molar-refractivity contribution in [1.82, 2.24) is 10.2 Å². The quantitative estimate of drug-likeness (QED) is 0.789. The number of nitrogens with one attached hydrogen (secondary N) is 1. The fraction of sp³-hybridized carbons (Fsp3) is 0.600. The Morgan fingerprint density at radius 2 is 1.96 bits per heavy atom. The maximum atomic E-state index is 12.9. The van der Waals surface area contributed by atoms with Crippen LogP contribution in [-0.2, 0) is 20.7 Å². The molecule has 1 aliphatic carbocycles. The molecule has 0 radical (unpaired) electrons. The van der Waals surface area contributed by atoms with Crippen LogP contribution < -0.4 is 5.32 Å². The number of rotatable bonds is 6. The molecule has 1 saturated carbocycles. The third kappa shape index (κ3) is 4.41. The van der Waals surface area contributed by atoms with Crippen molar-refractivity contribution >= 4 is 11.9 Å².